The smallest absolute Gasteiger partial charge is 0.354 e. The number of carbonyl (C=O) groups is 1. The van der Waals surface area contributed by atoms with Gasteiger partial charge in [0.2, 0.25) is 5.75 Å². The van der Waals surface area contributed by atoms with Crippen LogP contribution >= 0.6 is 15.9 Å². The van der Waals surface area contributed by atoms with Gasteiger partial charge in [-0.2, -0.15) is 4.98 Å². The molecule has 2 aromatic rings. The average molecular weight is 340 g/mol. The molecule has 9 heteroatoms. The number of halogens is 1. The van der Waals surface area contributed by atoms with Gasteiger partial charge < -0.3 is 9.84 Å². The van der Waals surface area contributed by atoms with Crippen LogP contribution in [-0.4, -0.2) is 26.0 Å². The first-order chi connectivity index (χ1) is 9.49. The van der Waals surface area contributed by atoms with Gasteiger partial charge in [-0.25, -0.2) is 9.78 Å². The van der Waals surface area contributed by atoms with Crippen molar-refractivity contribution >= 4 is 27.6 Å². The highest BCUT2D eigenvalue weighted by molar-refractivity contribution is 9.10. The van der Waals surface area contributed by atoms with Crippen molar-refractivity contribution in [3.05, 3.63) is 50.7 Å². The number of nitro benzene ring substituents is 1. The molecule has 0 aliphatic rings. The number of hydrogen-bond acceptors (Lipinski definition) is 6. The molecule has 0 saturated heterocycles. The topological polar surface area (TPSA) is 115 Å². The minimum Gasteiger partial charge on any atom is -0.477 e. The molecule has 8 nitrogen and oxygen atoms in total. The highest BCUT2D eigenvalue weighted by Gasteiger charge is 2.20. The first-order valence-corrected chi connectivity index (χ1v) is 5.95. The van der Waals surface area contributed by atoms with Crippen molar-refractivity contribution in [2.45, 2.75) is 0 Å². The van der Waals surface area contributed by atoms with Crippen LogP contribution in [0.1, 0.15) is 10.5 Å². The van der Waals surface area contributed by atoms with Crippen molar-refractivity contribution in [2.24, 2.45) is 0 Å². The number of nitrogens with zero attached hydrogens (tertiary/aromatic N) is 3. The van der Waals surface area contributed by atoms with Gasteiger partial charge in [0.05, 0.1) is 9.40 Å². The maximum atomic E-state index is 10.9. The first-order valence-electron chi connectivity index (χ1n) is 5.16. The Labute approximate surface area is 120 Å². The summed E-state index contributed by atoms with van der Waals surface area (Å²) in [6.45, 7) is 0. The lowest BCUT2D eigenvalue weighted by molar-refractivity contribution is -0.385. The molecular formula is C11H6BrN3O5. The van der Waals surface area contributed by atoms with Crippen LogP contribution in [0.15, 0.2) is 34.9 Å². The van der Waals surface area contributed by atoms with Crippen LogP contribution in [0.25, 0.3) is 0 Å². The van der Waals surface area contributed by atoms with Crippen LogP contribution in [0.2, 0.25) is 0 Å². The lowest BCUT2D eigenvalue weighted by Crippen LogP contribution is -2.03. The van der Waals surface area contributed by atoms with Crippen molar-refractivity contribution in [2.75, 3.05) is 0 Å². The van der Waals surface area contributed by atoms with Crippen LogP contribution < -0.4 is 4.74 Å². The lowest BCUT2D eigenvalue weighted by Gasteiger charge is -2.06. The molecule has 0 bridgehead atoms. The Bertz CT molecular complexity index is 692. The van der Waals surface area contributed by atoms with Crippen molar-refractivity contribution in [3.63, 3.8) is 0 Å². The molecule has 0 aliphatic carbocycles. The van der Waals surface area contributed by atoms with Crippen molar-refractivity contribution in [1.29, 1.82) is 0 Å². The van der Waals surface area contributed by atoms with Gasteiger partial charge in [-0.1, -0.05) is 6.07 Å². The van der Waals surface area contributed by atoms with Crippen molar-refractivity contribution in [1.82, 2.24) is 9.97 Å². The van der Waals surface area contributed by atoms with E-state index < -0.39 is 10.9 Å². The van der Waals surface area contributed by atoms with E-state index >= 15 is 0 Å². The number of hydrogen-bond donors (Lipinski definition) is 1. The van der Waals surface area contributed by atoms with E-state index in [0.29, 0.717) is 4.47 Å². The predicted octanol–water partition coefficient (Wildman–Crippen LogP) is 2.64. The Balaban J connectivity index is 2.42. The number of benzene rings is 1. The molecule has 0 aliphatic heterocycles. The van der Waals surface area contributed by atoms with Gasteiger partial charge in [-0.05, 0) is 28.1 Å². The van der Waals surface area contributed by atoms with E-state index in [9.17, 15) is 14.9 Å². The van der Waals surface area contributed by atoms with Gasteiger partial charge in [-0.3, -0.25) is 10.1 Å². The number of aromatic nitrogens is 2. The quantitative estimate of drug-likeness (QED) is 0.672. The Morgan fingerprint density at radius 2 is 2.15 bits per heavy atom. The number of ether oxygens (including phenoxy) is 1. The number of carboxylic acid groups (broad SMARTS) is 1. The second-order valence-electron chi connectivity index (χ2n) is 3.48. The molecule has 0 spiro atoms. The maximum absolute atomic E-state index is 10.9. The standard InChI is InChI=1S/C11H6BrN3O5/c12-6-2-1-3-8(15(18)19)9(6)20-11-13-5-4-7(14-11)10(16)17/h1-5H,(H,16,17). The zero-order valence-electron chi connectivity index (χ0n) is 9.69. The summed E-state index contributed by atoms with van der Waals surface area (Å²) in [5, 5.41) is 19.7. The third-order valence-corrected chi connectivity index (χ3v) is 2.81. The first kappa shape index (κ1) is 13.9. The van der Waals surface area contributed by atoms with E-state index in [2.05, 4.69) is 25.9 Å². The molecule has 0 amide bonds. The molecule has 0 fully saturated rings. The van der Waals surface area contributed by atoms with Gasteiger partial charge >= 0.3 is 17.7 Å². The summed E-state index contributed by atoms with van der Waals surface area (Å²) < 4.78 is 5.55. The number of rotatable bonds is 4. The van der Waals surface area contributed by atoms with Crippen LogP contribution in [0.4, 0.5) is 5.69 Å². The highest BCUT2D eigenvalue weighted by Crippen LogP contribution is 2.36. The molecule has 1 aromatic heterocycles. The van der Waals surface area contributed by atoms with Crippen LogP contribution in [0, 0.1) is 10.1 Å². The molecule has 102 valence electrons. The summed E-state index contributed by atoms with van der Waals surface area (Å²) in [5.74, 6) is -1.35. The largest absolute Gasteiger partial charge is 0.477 e. The fourth-order valence-electron chi connectivity index (χ4n) is 1.34. The van der Waals surface area contributed by atoms with E-state index in [1.54, 1.807) is 6.07 Å². The summed E-state index contributed by atoms with van der Waals surface area (Å²) in [5.41, 5.74) is -0.562. The summed E-state index contributed by atoms with van der Waals surface area (Å²) in [6.07, 6.45) is 1.19. The van der Waals surface area contributed by atoms with Crippen molar-refractivity contribution in [3.8, 4) is 11.8 Å². The third-order valence-electron chi connectivity index (χ3n) is 2.19. The molecule has 0 saturated carbocycles. The summed E-state index contributed by atoms with van der Waals surface area (Å²) in [7, 11) is 0. The SMILES string of the molecule is O=C(O)c1ccnc(Oc2c(Br)cccc2[N+](=O)[O-])n1. The van der Waals surface area contributed by atoms with Crippen LogP contribution in [-0.2, 0) is 0 Å². The predicted molar refractivity (Wildman–Crippen MR) is 69.9 cm³/mol. The summed E-state index contributed by atoms with van der Waals surface area (Å²) in [4.78, 5) is 28.4. The summed E-state index contributed by atoms with van der Waals surface area (Å²) >= 11 is 3.12. The number of aromatic carboxylic acids is 1. The number of para-hydroxylation sites is 1. The Morgan fingerprint density at radius 1 is 1.40 bits per heavy atom. The van der Waals surface area contributed by atoms with Gasteiger partial charge in [0, 0.05) is 12.3 Å². The van der Waals surface area contributed by atoms with E-state index in [0.717, 1.165) is 0 Å². The molecule has 1 aromatic carbocycles. The fourth-order valence-corrected chi connectivity index (χ4v) is 1.78. The molecule has 2 rings (SSSR count). The second kappa shape index (κ2) is 5.61. The average Bonchev–Trinajstić information content (AvgIpc) is 2.41. The van der Waals surface area contributed by atoms with Crippen LogP contribution in [0.5, 0.6) is 11.8 Å². The molecule has 0 atom stereocenters. The van der Waals surface area contributed by atoms with E-state index in [4.69, 9.17) is 9.84 Å². The maximum Gasteiger partial charge on any atom is 0.354 e. The monoisotopic (exact) mass is 339 g/mol. The minimum absolute atomic E-state index is 0.0972. The number of nitro groups is 1. The third kappa shape index (κ3) is 2.88. The highest BCUT2D eigenvalue weighted by atomic mass is 79.9. The summed E-state index contributed by atoms with van der Waals surface area (Å²) in [6, 6.07) is 5.16. The van der Waals surface area contributed by atoms with Gasteiger partial charge in [0.25, 0.3) is 0 Å². The zero-order chi connectivity index (χ0) is 14.7. The number of carboxylic acids is 1. The molecule has 0 radical (unpaired) electrons. The van der Waals surface area contributed by atoms with Crippen LogP contribution in [0.3, 0.4) is 0 Å². The zero-order valence-corrected chi connectivity index (χ0v) is 11.3. The van der Waals surface area contributed by atoms with Crippen molar-refractivity contribution < 1.29 is 19.6 Å². The van der Waals surface area contributed by atoms with Gasteiger partial charge in [-0.15, -0.1) is 0 Å². The Morgan fingerprint density at radius 3 is 2.80 bits per heavy atom. The fraction of sp³-hybridized carbons (Fsp3) is 0. The molecule has 0 unspecified atom stereocenters. The Kier molecular flexibility index (Phi) is 3.89. The lowest BCUT2D eigenvalue weighted by atomic mass is 10.3. The van der Waals surface area contributed by atoms with Gasteiger partial charge in [0.15, 0.2) is 5.69 Å². The minimum atomic E-state index is -1.25. The molecular weight excluding hydrogens is 334 g/mol. The molecule has 20 heavy (non-hydrogen) atoms. The molecule has 1 heterocycles. The molecule has 1 N–H and O–H groups in total. The second-order valence-corrected chi connectivity index (χ2v) is 4.33. The van der Waals surface area contributed by atoms with E-state index in [1.807, 2.05) is 0 Å². The normalized spacial score (nSPS) is 10.1. The van der Waals surface area contributed by atoms with Gasteiger partial charge in [0.1, 0.15) is 0 Å². The van der Waals surface area contributed by atoms with E-state index in [1.165, 1.54) is 24.4 Å². The Hall–Kier alpha value is -2.55. The van der Waals surface area contributed by atoms with E-state index in [-0.39, 0.29) is 23.1 Å².